The zero-order chi connectivity index (χ0) is 26.5. The van der Waals surface area contributed by atoms with E-state index in [4.69, 9.17) is 0 Å². The van der Waals surface area contributed by atoms with Crippen LogP contribution in [0.25, 0.3) is 0 Å². The molecule has 3 N–H and O–H groups in total. The number of carbonyl (C=O) groups is 2. The summed E-state index contributed by atoms with van der Waals surface area (Å²) in [5, 5.41) is 2.77. The van der Waals surface area contributed by atoms with Crippen LogP contribution in [0.4, 0.5) is 0 Å². The maximum Gasteiger partial charge on any atom is 0.257 e. The first-order valence-corrected chi connectivity index (χ1v) is 13.2. The number of benzene rings is 2. The van der Waals surface area contributed by atoms with Crippen molar-refractivity contribution in [1.29, 1.82) is 0 Å². The first kappa shape index (κ1) is 27.1. The maximum absolute atomic E-state index is 13.0. The molecule has 0 aliphatic rings. The Bertz CT molecular complexity index is 1310. The normalized spacial score (nSPS) is 13.1. The molecule has 2 atom stereocenters. The third-order valence-corrected chi connectivity index (χ3v) is 7.63. The highest BCUT2D eigenvalue weighted by atomic mass is 32.2. The lowest BCUT2D eigenvalue weighted by atomic mass is 9.98. The van der Waals surface area contributed by atoms with Gasteiger partial charge in [0, 0.05) is 24.5 Å². The lowest BCUT2D eigenvalue weighted by molar-refractivity contribution is -0.124. The summed E-state index contributed by atoms with van der Waals surface area (Å²) in [6.45, 7) is 9.57. The molecule has 0 unspecified atom stereocenters. The Kier molecular flexibility index (Phi) is 8.65. The average Bonchev–Trinajstić information content (AvgIpc) is 3.32. The van der Waals surface area contributed by atoms with Gasteiger partial charge in [-0.25, -0.2) is 13.4 Å². The molecule has 9 nitrogen and oxygen atoms in total. The van der Waals surface area contributed by atoms with E-state index in [1.807, 2.05) is 37.6 Å². The van der Waals surface area contributed by atoms with Gasteiger partial charge in [0.15, 0.2) is 0 Å². The highest BCUT2D eigenvalue weighted by Crippen LogP contribution is 2.21. The molecule has 0 saturated heterocycles. The summed E-state index contributed by atoms with van der Waals surface area (Å²) >= 11 is 0. The number of rotatable bonds is 10. The van der Waals surface area contributed by atoms with Gasteiger partial charge in [-0.15, -0.1) is 4.83 Å². The largest absolute Gasteiger partial charge is 0.340 e. The van der Waals surface area contributed by atoms with Crippen molar-refractivity contribution in [2.45, 2.75) is 58.5 Å². The third-order valence-electron chi connectivity index (χ3n) is 6.08. The Morgan fingerprint density at radius 2 is 1.78 bits per heavy atom. The molecule has 0 aliphatic carbocycles. The van der Waals surface area contributed by atoms with Gasteiger partial charge in [-0.3, -0.25) is 15.0 Å². The van der Waals surface area contributed by atoms with E-state index in [1.165, 1.54) is 0 Å². The van der Waals surface area contributed by atoms with Gasteiger partial charge in [0.05, 0.1) is 11.2 Å². The summed E-state index contributed by atoms with van der Waals surface area (Å²) in [5.74, 6) is -1.30. The van der Waals surface area contributed by atoms with Crippen molar-refractivity contribution in [2.75, 3.05) is 0 Å². The average molecular weight is 512 g/mol. The topological polar surface area (TPSA) is 122 Å². The van der Waals surface area contributed by atoms with Gasteiger partial charge in [0.1, 0.15) is 6.04 Å². The van der Waals surface area contributed by atoms with Gasteiger partial charge in [-0.1, -0.05) is 50.1 Å². The summed E-state index contributed by atoms with van der Waals surface area (Å²) in [4.78, 5) is 32.4. The van der Waals surface area contributed by atoms with Crippen LogP contribution in [0.15, 0.2) is 60.0 Å². The molecule has 2 amide bonds. The Morgan fingerprint density at radius 3 is 2.39 bits per heavy atom. The van der Waals surface area contributed by atoms with Crippen molar-refractivity contribution in [3.8, 4) is 0 Å². The minimum atomic E-state index is -4.01. The molecule has 0 radical (unpaired) electrons. The van der Waals surface area contributed by atoms with Gasteiger partial charge in [-0.2, -0.15) is 0 Å². The van der Waals surface area contributed by atoms with Crippen LogP contribution in [0.5, 0.6) is 0 Å². The summed E-state index contributed by atoms with van der Waals surface area (Å²) in [6, 6.07) is 9.71. The fraction of sp³-hybridized carbons (Fsp3) is 0.346. The van der Waals surface area contributed by atoms with Crippen LogP contribution in [0, 0.1) is 26.7 Å². The third kappa shape index (κ3) is 6.58. The molecule has 192 valence electrons. The molecule has 0 saturated carbocycles. The van der Waals surface area contributed by atoms with Crippen LogP contribution in [0.2, 0.25) is 0 Å². The number of carbonyl (C=O) groups excluding carboxylic acids is 2. The first-order chi connectivity index (χ1) is 17.0. The van der Waals surface area contributed by atoms with E-state index in [0.717, 1.165) is 11.1 Å². The molecule has 3 aromatic rings. The standard InChI is InChI=1S/C26H33N5O4S/c1-6-18(3)23(26(33)29-30-36(34,35)24-19(4)12-17(2)13-20(24)5)28-25(32)22-9-7-8-21(14-22)15-31-11-10-27-16-31/h7-14,16,18,23,30H,6,15H2,1-5H3,(H,28,32)(H,29,33)/t18-,23-/m0/s1. The van der Waals surface area contributed by atoms with Crippen molar-refractivity contribution >= 4 is 21.8 Å². The molecule has 0 aliphatic heterocycles. The molecule has 1 heterocycles. The Hall–Kier alpha value is -3.50. The predicted octanol–water partition coefficient (Wildman–Crippen LogP) is 3.01. The smallest absolute Gasteiger partial charge is 0.257 e. The number of hydrogen-bond donors (Lipinski definition) is 3. The van der Waals surface area contributed by atoms with Crippen LogP contribution in [0.3, 0.4) is 0 Å². The fourth-order valence-electron chi connectivity index (χ4n) is 4.17. The van der Waals surface area contributed by atoms with Gasteiger partial charge in [0.2, 0.25) is 0 Å². The van der Waals surface area contributed by atoms with Crippen LogP contribution >= 0.6 is 0 Å². The van der Waals surface area contributed by atoms with E-state index < -0.39 is 27.9 Å². The number of amides is 2. The number of nitrogens with zero attached hydrogens (tertiary/aromatic N) is 2. The summed E-state index contributed by atoms with van der Waals surface area (Å²) in [7, 11) is -4.01. The minimum absolute atomic E-state index is 0.118. The van der Waals surface area contributed by atoms with E-state index in [1.54, 1.807) is 56.7 Å². The van der Waals surface area contributed by atoms with Crippen molar-refractivity contribution in [3.05, 3.63) is 82.9 Å². The quantitative estimate of drug-likeness (QED) is 0.361. The monoisotopic (exact) mass is 511 g/mol. The number of aromatic nitrogens is 2. The van der Waals surface area contributed by atoms with Gasteiger partial charge < -0.3 is 9.88 Å². The SMILES string of the molecule is CC[C@H](C)[C@H](NC(=O)c1cccc(Cn2ccnc2)c1)C(=O)NNS(=O)(=O)c1c(C)cc(C)cc1C. The molecule has 2 aromatic carbocycles. The Morgan fingerprint density at radius 1 is 1.08 bits per heavy atom. The molecule has 36 heavy (non-hydrogen) atoms. The minimum Gasteiger partial charge on any atom is -0.340 e. The number of hydrazine groups is 1. The van der Waals surface area contributed by atoms with E-state index in [9.17, 15) is 18.0 Å². The molecule has 3 rings (SSSR count). The van der Waals surface area contributed by atoms with Gasteiger partial charge in [-0.05, 0) is 55.5 Å². The molecule has 0 fully saturated rings. The van der Waals surface area contributed by atoms with E-state index >= 15 is 0 Å². The second-order valence-electron chi connectivity index (χ2n) is 9.09. The zero-order valence-corrected chi connectivity index (χ0v) is 22.0. The van der Waals surface area contributed by atoms with E-state index in [0.29, 0.717) is 29.7 Å². The molecule has 10 heteroatoms. The fourth-order valence-corrected chi connectivity index (χ4v) is 5.47. The predicted molar refractivity (Wildman–Crippen MR) is 138 cm³/mol. The number of nitrogens with one attached hydrogen (secondary N) is 3. The van der Waals surface area contributed by atoms with Crippen molar-refractivity contribution in [2.24, 2.45) is 5.92 Å². The summed E-state index contributed by atoms with van der Waals surface area (Å²) < 4.78 is 27.8. The zero-order valence-electron chi connectivity index (χ0n) is 21.2. The lowest BCUT2D eigenvalue weighted by Gasteiger charge is -2.24. The van der Waals surface area contributed by atoms with E-state index in [-0.39, 0.29) is 10.8 Å². The molecular formula is C26H33N5O4S. The molecular weight excluding hydrogens is 478 g/mol. The second kappa shape index (κ2) is 11.5. The maximum atomic E-state index is 13.0. The molecule has 0 bridgehead atoms. The summed E-state index contributed by atoms with van der Waals surface area (Å²) in [6.07, 6.45) is 5.80. The van der Waals surface area contributed by atoms with Crippen LogP contribution in [-0.2, 0) is 21.4 Å². The molecule has 1 aromatic heterocycles. The number of aryl methyl sites for hydroxylation is 3. The number of imidazole rings is 1. The van der Waals surface area contributed by atoms with Crippen LogP contribution in [-0.4, -0.2) is 35.8 Å². The van der Waals surface area contributed by atoms with E-state index in [2.05, 4.69) is 20.6 Å². The Balaban J connectivity index is 1.73. The van der Waals surface area contributed by atoms with Crippen molar-refractivity contribution in [3.63, 3.8) is 0 Å². The highest BCUT2D eigenvalue weighted by Gasteiger charge is 2.28. The van der Waals surface area contributed by atoms with Crippen LogP contribution < -0.4 is 15.6 Å². The Labute approximate surface area is 212 Å². The first-order valence-electron chi connectivity index (χ1n) is 11.8. The van der Waals surface area contributed by atoms with Crippen molar-refractivity contribution in [1.82, 2.24) is 25.1 Å². The number of sulfonamides is 1. The van der Waals surface area contributed by atoms with Crippen molar-refractivity contribution < 1.29 is 18.0 Å². The highest BCUT2D eigenvalue weighted by molar-refractivity contribution is 7.89. The van der Waals surface area contributed by atoms with Gasteiger partial charge >= 0.3 is 0 Å². The van der Waals surface area contributed by atoms with Gasteiger partial charge in [0.25, 0.3) is 21.8 Å². The second-order valence-corrected chi connectivity index (χ2v) is 10.7. The van der Waals surface area contributed by atoms with Crippen LogP contribution in [0.1, 0.15) is 52.9 Å². The number of hydrogen-bond acceptors (Lipinski definition) is 5. The summed E-state index contributed by atoms with van der Waals surface area (Å²) in [5.41, 5.74) is 5.72. The lowest BCUT2D eigenvalue weighted by Crippen LogP contribution is -2.54. The molecule has 0 spiro atoms.